The second-order valence-electron chi connectivity index (χ2n) is 8.25. The number of halogens is 1. The van der Waals surface area contributed by atoms with Crippen molar-refractivity contribution in [2.45, 2.75) is 18.5 Å². The molecule has 0 unspecified atom stereocenters. The van der Waals surface area contributed by atoms with Gasteiger partial charge in [0.1, 0.15) is 5.82 Å². The average molecular weight is 472 g/mol. The maximum atomic E-state index is 13.6. The summed E-state index contributed by atoms with van der Waals surface area (Å²) in [6, 6.07) is 26.7. The lowest BCUT2D eigenvalue weighted by Crippen LogP contribution is -2.32. The quantitative estimate of drug-likeness (QED) is 0.263. The van der Waals surface area contributed by atoms with E-state index in [2.05, 4.69) is 43.3 Å². The lowest BCUT2D eigenvalue weighted by atomic mass is 10.0. The highest BCUT2D eigenvalue weighted by molar-refractivity contribution is 7.80. The number of benzene rings is 2. The van der Waals surface area contributed by atoms with Crippen molar-refractivity contribution in [2.24, 2.45) is 0 Å². The summed E-state index contributed by atoms with van der Waals surface area (Å²) in [6.07, 6.45) is 4.73. The number of anilines is 1. The molecule has 7 heteroatoms. The van der Waals surface area contributed by atoms with Gasteiger partial charge in [-0.05, 0) is 79.3 Å². The number of nitrogens with zero attached hydrogens (tertiary/aromatic N) is 3. The van der Waals surface area contributed by atoms with E-state index in [1.54, 1.807) is 12.1 Å². The first kappa shape index (κ1) is 22.1. The first-order chi connectivity index (χ1) is 16.7. The van der Waals surface area contributed by atoms with Crippen molar-refractivity contribution in [2.75, 3.05) is 18.4 Å². The van der Waals surface area contributed by atoms with E-state index in [0.717, 1.165) is 42.3 Å². The fourth-order valence-electron chi connectivity index (χ4n) is 4.48. The van der Waals surface area contributed by atoms with E-state index >= 15 is 0 Å². The molecule has 5 nitrogen and oxygen atoms in total. The van der Waals surface area contributed by atoms with Crippen molar-refractivity contribution in [3.8, 4) is 5.69 Å². The number of thiocarbonyl (C=S) groups is 1. The molecule has 1 aliphatic heterocycles. The lowest BCUT2D eigenvalue weighted by Gasteiger charge is -2.29. The van der Waals surface area contributed by atoms with E-state index in [1.165, 1.54) is 12.1 Å². The number of aromatic nitrogens is 2. The zero-order chi connectivity index (χ0) is 23.3. The van der Waals surface area contributed by atoms with Crippen LogP contribution in [0.15, 0.2) is 97.3 Å². The van der Waals surface area contributed by atoms with E-state index < -0.39 is 0 Å². The van der Waals surface area contributed by atoms with E-state index in [9.17, 15) is 4.39 Å². The number of pyridine rings is 1. The molecular formula is C27H26FN5S. The Morgan fingerprint density at radius 3 is 2.50 bits per heavy atom. The van der Waals surface area contributed by atoms with Gasteiger partial charge >= 0.3 is 0 Å². The molecule has 0 aliphatic carbocycles. The van der Waals surface area contributed by atoms with Crippen LogP contribution in [0.25, 0.3) is 5.69 Å². The van der Waals surface area contributed by atoms with Crippen molar-refractivity contribution in [1.29, 1.82) is 0 Å². The second kappa shape index (κ2) is 10.1. The van der Waals surface area contributed by atoms with Crippen molar-refractivity contribution in [3.63, 3.8) is 0 Å². The highest BCUT2D eigenvalue weighted by atomic mass is 32.1. The van der Waals surface area contributed by atoms with Crippen LogP contribution in [0.4, 0.5) is 10.1 Å². The van der Waals surface area contributed by atoms with Gasteiger partial charge in [0.05, 0.1) is 17.8 Å². The number of hydrogen-bond acceptors (Lipinski definition) is 3. The third-order valence-corrected chi connectivity index (χ3v) is 6.42. The fourth-order valence-corrected chi connectivity index (χ4v) is 4.81. The summed E-state index contributed by atoms with van der Waals surface area (Å²) in [5.74, 6) is -0.250. The van der Waals surface area contributed by atoms with Gasteiger partial charge in [-0.15, -0.1) is 0 Å². The fraction of sp³-hybridized carbons (Fsp3) is 0.185. The minimum atomic E-state index is -0.250. The molecule has 2 aromatic heterocycles. The number of nitrogens with one attached hydrogen (secondary N) is 2. The molecule has 2 aromatic carbocycles. The highest BCUT2D eigenvalue weighted by Gasteiger charge is 2.40. The Morgan fingerprint density at radius 2 is 1.74 bits per heavy atom. The van der Waals surface area contributed by atoms with Crippen molar-refractivity contribution in [3.05, 3.63) is 115 Å². The lowest BCUT2D eigenvalue weighted by molar-refractivity contribution is 0.307. The molecule has 0 radical (unpaired) electrons. The molecule has 1 saturated heterocycles. The van der Waals surface area contributed by atoms with Crippen LogP contribution in [0, 0.1) is 5.82 Å². The first-order valence-electron chi connectivity index (χ1n) is 11.4. The van der Waals surface area contributed by atoms with E-state index in [-0.39, 0.29) is 17.9 Å². The molecule has 3 heterocycles. The normalized spacial score (nSPS) is 17.6. The summed E-state index contributed by atoms with van der Waals surface area (Å²) < 4.78 is 15.7. The molecule has 34 heavy (non-hydrogen) atoms. The van der Waals surface area contributed by atoms with E-state index in [1.807, 2.05) is 54.9 Å². The maximum absolute atomic E-state index is 13.6. The monoisotopic (exact) mass is 471 g/mol. The Bertz CT molecular complexity index is 1230. The SMILES string of the molecule is Fc1ccc(-n2cccc2[C@@H]2[C@@H](c3ccccn3)NC(=S)N2CCCNc2ccccc2)cc1. The average Bonchev–Trinajstić information content (AvgIpc) is 3.48. The number of para-hydroxylation sites is 1. The van der Waals surface area contributed by atoms with Gasteiger partial charge in [-0.2, -0.15) is 0 Å². The second-order valence-corrected chi connectivity index (χ2v) is 8.63. The molecule has 4 aromatic rings. The van der Waals surface area contributed by atoms with Crippen LogP contribution in [-0.2, 0) is 0 Å². The van der Waals surface area contributed by atoms with Gasteiger partial charge in [-0.1, -0.05) is 24.3 Å². The van der Waals surface area contributed by atoms with Crippen molar-refractivity contribution < 1.29 is 4.39 Å². The van der Waals surface area contributed by atoms with Gasteiger partial charge in [0.2, 0.25) is 0 Å². The van der Waals surface area contributed by atoms with Crippen molar-refractivity contribution >= 4 is 23.0 Å². The molecule has 2 N–H and O–H groups in total. The van der Waals surface area contributed by atoms with Gasteiger partial charge in [0.15, 0.2) is 5.11 Å². The topological polar surface area (TPSA) is 45.1 Å². The molecule has 172 valence electrons. The van der Waals surface area contributed by atoms with E-state index in [4.69, 9.17) is 12.2 Å². The molecule has 5 rings (SSSR count). The number of rotatable bonds is 8. The molecule has 0 bridgehead atoms. The largest absolute Gasteiger partial charge is 0.385 e. The summed E-state index contributed by atoms with van der Waals surface area (Å²) >= 11 is 5.80. The molecule has 0 amide bonds. The Morgan fingerprint density at radius 1 is 0.941 bits per heavy atom. The maximum Gasteiger partial charge on any atom is 0.170 e. The number of hydrogen-bond donors (Lipinski definition) is 2. The Hall–Kier alpha value is -3.71. The van der Waals surface area contributed by atoms with Crippen LogP contribution < -0.4 is 10.6 Å². The molecule has 1 fully saturated rings. The first-order valence-corrected chi connectivity index (χ1v) is 11.8. The molecule has 0 spiro atoms. The molecule has 1 aliphatic rings. The van der Waals surface area contributed by atoms with Gasteiger partial charge in [-0.3, -0.25) is 4.98 Å². The zero-order valence-electron chi connectivity index (χ0n) is 18.6. The summed E-state index contributed by atoms with van der Waals surface area (Å²) in [6.45, 7) is 1.62. The molecule has 2 atom stereocenters. The smallest absolute Gasteiger partial charge is 0.170 e. The van der Waals surface area contributed by atoms with Crippen LogP contribution in [0.3, 0.4) is 0 Å². The minimum Gasteiger partial charge on any atom is -0.385 e. The summed E-state index contributed by atoms with van der Waals surface area (Å²) in [5.41, 5.74) is 4.03. The van der Waals surface area contributed by atoms with Gasteiger partial charge in [0.25, 0.3) is 0 Å². The van der Waals surface area contributed by atoms with Gasteiger partial charge < -0.3 is 20.1 Å². The highest BCUT2D eigenvalue weighted by Crippen LogP contribution is 2.39. The third kappa shape index (κ3) is 4.65. The van der Waals surface area contributed by atoms with Crippen LogP contribution in [0.2, 0.25) is 0 Å². The molecule has 0 saturated carbocycles. The Kier molecular flexibility index (Phi) is 6.53. The van der Waals surface area contributed by atoms with E-state index in [0.29, 0.717) is 5.11 Å². The predicted molar refractivity (Wildman–Crippen MR) is 137 cm³/mol. The Labute approximate surface area is 204 Å². The zero-order valence-corrected chi connectivity index (χ0v) is 19.5. The van der Waals surface area contributed by atoms with Crippen LogP contribution in [0.1, 0.15) is 29.9 Å². The standard InChI is InChI=1S/C27H26FN5S/c28-20-12-14-22(15-13-20)32-18-6-11-24(32)26-25(23-10-4-5-16-30-23)31-27(34)33(26)19-7-17-29-21-8-2-1-3-9-21/h1-6,8-16,18,25-26,29H,7,17,19H2,(H,31,34)/t25-,26-/m1/s1. The van der Waals surface area contributed by atoms with Crippen LogP contribution in [0.5, 0.6) is 0 Å². The molecular weight excluding hydrogens is 445 g/mol. The van der Waals surface area contributed by atoms with Crippen LogP contribution >= 0.6 is 12.2 Å². The summed E-state index contributed by atoms with van der Waals surface area (Å²) in [4.78, 5) is 6.87. The van der Waals surface area contributed by atoms with Crippen molar-refractivity contribution in [1.82, 2.24) is 19.8 Å². The van der Waals surface area contributed by atoms with Gasteiger partial charge in [0, 0.05) is 42.6 Å². The Balaban J connectivity index is 1.42. The summed E-state index contributed by atoms with van der Waals surface area (Å²) in [7, 11) is 0. The van der Waals surface area contributed by atoms with Gasteiger partial charge in [-0.25, -0.2) is 4.39 Å². The predicted octanol–water partition coefficient (Wildman–Crippen LogP) is 5.49. The minimum absolute atomic E-state index is 0.0563. The third-order valence-electron chi connectivity index (χ3n) is 6.06. The summed E-state index contributed by atoms with van der Waals surface area (Å²) in [5, 5.41) is 7.70. The van der Waals surface area contributed by atoms with Crippen LogP contribution in [-0.4, -0.2) is 32.7 Å².